The molecule has 0 saturated heterocycles. The van der Waals surface area contributed by atoms with Crippen molar-refractivity contribution in [2.24, 2.45) is 0 Å². The number of ether oxygens (including phenoxy) is 1. The maximum absolute atomic E-state index is 11.5. The third-order valence-corrected chi connectivity index (χ3v) is 4.27. The Morgan fingerprint density at radius 3 is 2.95 bits per heavy atom. The van der Waals surface area contributed by atoms with Gasteiger partial charge in [-0.1, -0.05) is 23.2 Å². The van der Waals surface area contributed by atoms with Gasteiger partial charge in [0.1, 0.15) is 5.58 Å². The third-order valence-electron chi connectivity index (χ3n) is 2.84. The van der Waals surface area contributed by atoms with Gasteiger partial charge in [0.25, 0.3) is 0 Å². The van der Waals surface area contributed by atoms with Crippen molar-refractivity contribution in [1.29, 1.82) is 0 Å². The van der Waals surface area contributed by atoms with Crippen LogP contribution in [0, 0.1) is 6.92 Å². The van der Waals surface area contributed by atoms with Crippen LogP contribution >= 0.6 is 22.9 Å². The predicted octanol–water partition coefficient (Wildman–Crippen LogP) is 4.30. The van der Waals surface area contributed by atoms with Crippen LogP contribution in [-0.4, -0.2) is 18.1 Å². The maximum atomic E-state index is 11.5. The topological polar surface area (TPSA) is 52.3 Å². The van der Waals surface area contributed by atoms with E-state index in [1.165, 1.54) is 7.11 Å². The zero-order valence-corrected chi connectivity index (χ0v) is 12.3. The SMILES string of the molecule is COC(=O)c1sc(-c2cc3cc(C)ccc3o2)nc1Cl. The standard InChI is InChI=1S/C14H10ClNO3S/c1-7-3-4-9-8(5-7)6-10(19-9)13-16-12(15)11(20-13)14(17)18-2/h3-6H,1-2H3. The van der Waals surface area contributed by atoms with Crippen molar-refractivity contribution >= 4 is 39.9 Å². The van der Waals surface area contributed by atoms with Crippen molar-refractivity contribution < 1.29 is 13.9 Å². The summed E-state index contributed by atoms with van der Waals surface area (Å²) in [5, 5.41) is 1.68. The molecule has 3 aromatic rings. The van der Waals surface area contributed by atoms with E-state index in [-0.39, 0.29) is 10.0 Å². The molecule has 3 rings (SSSR count). The first-order valence-corrected chi connectivity index (χ1v) is 7.03. The molecule has 0 saturated carbocycles. The van der Waals surface area contributed by atoms with E-state index < -0.39 is 5.97 Å². The number of aromatic nitrogens is 1. The quantitative estimate of drug-likeness (QED) is 0.662. The highest BCUT2D eigenvalue weighted by atomic mass is 35.5. The molecule has 0 aliphatic heterocycles. The number of halogens is 1. The Labute approximate surface area is 123 Å². The molecule has 0 radical (unpaired) electrons. The van der Waals surface area contributed by atoms with Gasteiger partial charge < -0.3 is 9.15 Å². The van der Waals surface area contributed by atoms with Gasteiger partial charge in [0.05, 0.1) is 7.11 Å². The molecule has 6 heteroatoms. The van der Waals surface area contributed by atoms with Crippen LogP contribution in [0.3, 0.4) is 0 Å². The molecule has 0 amide bonds. The molecule has 2 aromatic heterocycles. The number of carbonyl (C=O) groups excluding carboxylic acids is 1. The lowest BCUT2D eigenvalue weighted by molar-refractivity contribution is 0.0606. The van der Waals surface area contributed by atoms with Gasteiger partial charge in [-0.15, -0.1) is 11.3 Å². The molecule has 0 N–H and O–H groups in total. The van der Waals surface area contributed by atoms with E-state index in [1.807, 2.05) is 31.2 Å². The molecule has 0 aliphatic rings. The highest BCUT2D eigenvalue weighted by Crippen LogP contribution is 2.34. The minimum Gasteiger partial charge on any atom is -0.465 e. The molecule has 4 nitrogen and oxygen atoms in total. The second kappa shape index (κ2) is 4.92. The molecule has 2 heterocycles. The summed E-state index contributed by atoms with van der Waals surface area (Å²) in [5.41, 5.74) is 1.92. The molecular formula is C14H10ClNO3S. The number of hydrogen-bond donors (Lipinski definition) is 0. The molecule has 0 spiro atoms. The predicted molar refractivity (Wildman–Crippen MR) is 78.4 cm³/mol. The number of fused-ring (bicyclic) bond motifs is 1. The molecule has 0 unspecified atom stereocenters. The number of methoxy groups -OCH3 is 1. The summed E-state index contributed by atoms with van der Waals surface area (Å²) >= 11 is 7.10. The largest absolute Gasteiger partial charge is 0.465 e. The highest BCUT2D eigenvalue weighted by Gasteiger charge is 2.20. The normalized spacial score (nSPS) is 10.9. The number of furan rings is 1. The zero-order chi connectivity index (χ0) is 14.3. The van der Waals surface area contributed by atoms with Crippen molar-refractivity contribution in [2.45, 2.75) is 6.92 Å². The van der Waals surface area contributed by atoms with Gasteiger partial charge in [-0.2, -0.15) is 0 Å². The summed E-state index contributed by atoms with van der Waals surface area (Å²) in [6.07, 6.45) is 0. The van der Waals surface area contributed by atoms with Gasteiger partial charge in [-0.05, 0) is 25.1 Å². The van der Waals surface area contributed by atoms with E-state index in [0.717, 1.165) is 27.9 Å². The fourth-order valence-corrected chi connectivity index (χ4v) is 3.05. The second-order valence-corrected chi connectivity index (χ2v) is 5.64. The summed E-state index contributed by atoms with van der Waals surface area (Å²) in [6, 6.07) is 7.80. The van der Waals surface area contributed by atoms with Crippen LogP contribution in [-0.2, 0) is 4.74 Å². The summed E-state index contributed by atoms with van der Waals surface area (Å²) in [7, 11) is 1.31. The van der Waals surface area contributed by atoms with Crippen molar-refractivity contribution in [3.8, 4) is 10.8 Å². The van der Waals surface area contributed by atoms with Crippen LogP contribution < -0.4 is 0 Å². The van der Waals surface area contributed by atoms with Crippen LogP contribution in [0.15, 0.2) is 28.7 Å². The molecule has 0 fully saturated rings. The first-order valence-electron chi connectivity index (χ1n) is 5.83. The number of rotatable bonds is 2. The summed E-state index contributed by atoms with van der Waals surface area (Å²) in [5.74, 6) is 0.0957. The van der Waals surface area contributed by atoms with Gasteiger partial charge in [0, 0.05) is 5.39 Å². The average molecular weight is 308 g/mol. The highest BCUT2D eigenvalue weighted by molar-refractivity contribution is 7.17. The van der Waals surface area contributed by atoms with Gasteiger partial charge >= 0.3 is 5.97 Å². The molecular weight excluding hydrogens is 298 g/mol. The van der Waals surface area contributed by atoms with Gasteiger partial charge in [0.15, 0.2) is 20.8 Å². The lowest BCUT2D eigenvalue weighted by Gasteiger charge is -1.92. The molecule has 0 bridgehead atoms. The van der Waals surface area contributed by atoms with E-state index in [0.29, 0.717) is 10.8 Å². The Balaban J connectivity index is 2.09. The van der Waals surface area contributed by atoms with Crippen LogP contribution in [0.25, 0.3) is 21.7 Å². The van der Waals surface area contributed by atoms with Crippen LogP contribution in [0.4, 0.5) is 0 Å². The van der Waals surface area contributed by atoms with Gasteiger partial charge in [-0.3, -0.25) is 0 Å². The molecule has 0 atom stereocenters. The molecule has 102 valence electrons. The monoisotopic (exact) mass is 307 g/mol. The number of aryl methyl sites for hydroxylation is 1. The smallest absolute Gasteiger partial charge is 0.351 e. The molecule has 0 aliphatic carbocycles. The number of carbonyl (C=O) groups is 1. The Hall–Kier alpha value is -1.85. The average Bonchev–Trinajstić information content (AvgIpc) is 3.00. The van der Waals surface area contributed by atoms with Crippen molar-refractivity contribution in [3.05, 3.63) is 39.9 Å². The lowest BCUT2D eigenvalue weighted by Crippen LogP contribution is -1.98. The van der Waals surface area contributed by atoms with E-state index in [1.54, 1.807) is 0 Å². The Kier molecular flexibility index (Phi) is 3.23. The molecule has 20 heavy (non-hydrogen) atoms. The number of thiazole rings is 1. The summed E-state index contributed by atoms with van der Waals surface area (Å²) in [6.45, 7) is 2.02. The van der Waals surface area contributed by atoms with Crippen molar-refractivity contribution in [3.63, 3.8) is 0 Å². The Morgan fingerprint density at radius 1 is 1.40 bits per heavy atom. The number of hydrogen-bond acceptors (Lipinski definition) is 5. The Bertz CT molecular complexity index is 806. The van der Waals surface area contributed by atoms with E-state index in [2.05, 4.69) is 9.72 Å². The third kappa shape index (κ3) is 2.19. The Morgan fingerprint density at radius 2 is 2.20 bits per heavy atom. The number of benzene rings is 1. The van der Waals surface area contributed by atoms with Crippen molar-refractivity contribution in [1.82, 2.24) is 4.98 Å². The lowest BCUT2D eigenvalue weighted by atomic mass is 10.2. The second-order valence-electron chi connectivity index (χ2n) is 4.28. The fraction of sp³-hybridized carbons (Fsp3) is 0.143. The first-order chi connectivity index (χ1) is 9.58. The summed E-state index contributed by atoms with van der Waals surface area (Å²) in [4.78, 5) is 16.0. The van der Waals surface area contributed by atoms with E-state index >= 15 is 0 Å². The first kappa shape index (κ1) is 13.1. The van der Waals surface area contributed by atoms with E-state index in [9.17, 15) is 4.79 Å². The van der Waals surface area contributed by atoms with Crippen LogP contribution in [0.5, 0.6) is 0 Å². The van der Waals surface area contributed by atoms with Crippen LogP contribution in [0.1, 0.15) is 15.2 Å². The maximum Gasteiger partial charge on any atom is 0.351 e. The number of nitrogens with zero attached hydrogens (tertiary/aromatic N) is 1. The number of esters is 1. The fourth-order valence-electron chi connectivity index (χ4n) is 1.89. The van der Waals surface area contributed by atoms with Crippen molar-refractivity contribution in [2.75, 3.05) is 7.11 Å². The minimum absolute atomic E-state index is 0.133. The van der Waals surface area contributed by atoms with Gasteiger partial charge in [0.2, 0.25) is 0 Å². The van der Waals surface area contributed by atoms with Crippen LogP contribution in [0.2, 0.25) is 5.15 Å². The molecule has 1 aromatic carbocycles. The van der Waals surface area contributed by atoms with E-state index in [4.69, 9.17) is 16.0 Å². The zero-order valence-electron chi connectivity index (χ0n) is 10.8. The summed E-state index contributed by atoms with van der Waals surface area (Å²) < 4.78 is 10.4. The van der Waals surface area contributed by atoms with Gasteiger partial charge in [-0.25, -0.2) is 9.78 Å². The minimum atomic E-state index is -0.495.